The highest BCUT2D eigenvalue weighted by atomic mass is 16.6. The molecule has 5 aliphatic carbocycles. The summed E-state index contributed by atoms with van der Waals surface area (Å²) in [6, 6.07) is 0. The average Bonchev–Trinajstić information content (AvgIpc) is 3.26. The van der Waals surface area contributed by atoms with Gasteiger partial charge in [0.25, 0.3) is 0 Å². The molecule has 1 heterocycles. The van der Waals surface area contributed by atoms with Crippen LogP contribution in [-0.4, -0.2) is 59.5 Å². The molecule has 0 aromatic heterocycles. The van der Waals surface area contributed by atoms with Gasteiger partial charge >= 0.3 is 23.9 Å². The average molecular weight is 659 g/mol. The lowest BCUT2D eigenvalue weighted by atomic mass is 9.41. The fraction of sp³-hybridized carbons (Fsp3) is 0.895. The van der Waals surface area contributed by atoms with Gasteiger partial charge in [-0.3, -0.25) is 19.2 Å². The number of carbonyl (C=O) groups excluding carboxylic acids is 4. The van der Waals surface area contributed by atoms with E-state index in [1.54, 1.807) is 0 Å². The molecule has 9 nitrogen and oxygen atoms in total. The van der Waals surface area contributed by atoms with Crippen LogP contribution >= 0.6 is 0 Å². The van der Waals surface area contributed by atoms with Crippen molar-refractivity contribution in [3.05, 3.63) is 0 Å². The van der Waals surface area contributed by atoms with Gasteiger partial charge in [0.15, 0.2) is 0 Å². The van der Waals surface area contributed by atoms with E-state index in [0.717, 1.165) is 51.4 Å². The topological polar surface area (TPSA) is 114 Å². The number of fused-ring (bicyclic) bond motifs is 2. The highest BCUT2D eigenvalue weighted by Crippen LogP contribution is 2.89. The molecule has 0 bridgehead atoms. The third-order valence-electron chi connectivity index (χ3n) is 15.0. The van der Waals surface area contributed by atoms with Gasteiger partial charge in [-0.05, 0) is 106 Å². The lowest BCUT2D eigenvalue weighted by molar-refractivity contribution is -0.228. The first-order valence-corrected chi connectivity index (χ1v) is 18.0. The molecule has 1 unspecified atom stereocenters. The summed E-state index contributed by atoms with van der Waals surface area (Å²) in [5, 5.41) is 0. The Balaban J connectivity index is 1.41. The van der Waals surface area contributed by atoms with Crippen molar-refractivity contribution in [3.8, 4) is 0 Å². The Bertz CT molecular complexity index is 1350. The number of rotatable bonds is 6. The maximum Gasteiger partial charge on any atom is 0.303 e. The van der Waals surface area contributed by atoms with E-state index in [0.29, 0.717) is 6.42 Å². The first-order valence-electron chi connectivity index (χ1n) is 18.0. The molecular formula is C38H58O9. The summed E-state index contributed by atoms with van der Waals surface area (Å²) >= 11 is 0. The molecular weight excluding hydrogens is 600 g/mol. The van der Waals surface area contributed by atoms with Gasteiger partial charge in [-0.15, -0.1) is 0 Å². The summed E-state index contributed by atoms with van der Waals surface area (Å²) in [6.07, 6.45) is 6.69. The van der Waals surface area contributed by atoms with Crippen LogP contribution in [0, 0.1) is 44.8 Å². The van der Waals surface area contributed by atoms with Crippen LogP contribution in [0.2, 0.25) is 0 Å². The summed E-state index contributed by atoms with van der Waals surface area (Å²) in [4.78, 5) is 49.7. The van der Waals surface area contributed by atoms with E-state index in [1.807, 2.05) is 13.8 Å². The SMILES string of the molecule is CC(=O)O[C@H]1C[C@H]2C(C)(C)[C@@H](OC(C)=O)CC[C@@]23C[C@]32CC[C@]3(C)[C@@H]([C@@]4(C)CC[C@@H](C(C)(C)OC(C)=O)O4)[C@@H](OC(C)=O)C[C@@]3(C)C12. The molecule has 2 spiro atoms. The lowest BCUT2D eigenvalue weighted by Crippen LogP contribution is -2.63. The van der Waals surface area contributed by atoms with Crippen molar-refractivity contribution >= 4 is 23.9 Å². The molecule has 264 valence electrons. The molecule has 47 heavy (non-hydrogen) atoms. The number of hydrogen-bond acceptors (Lipinski definition) is 9. The molecule has 6 fully saturated rings. The van der Waals surface area contributed by atoms with Gasteiger partial charge in [0.1, 0.15) is 23.9 Å². The van der Waals surface area contributed by atoms with Crippen LogP contribution in [0.1, 0.15) is 134 Å². The van der Waals surface area contributed by atoms with Gasteiger partial charge in [-0.2, -0.15) is 0 Å². The van der Waals surface area contributed by atoms with Gasteiger partial charge in [0.2, 0.25) is 0 Å². The minimum atomic E-state index is -0.795. The van der Waals surface area contributed by atoms with Crippen LogP contribution in [-0.2, 0) is 42.9 Å². The molecule has 6 rings (SSSR count). The van der Waals surface area contributed by atoms with Gasteiger partial charge in [-0.25, -0.2) is 0 Å². The number of esters is 4. The van der Waals surface area contributed by atoms with Gasteiger partial charge in [-0.1, -0.05) is 27.7 Å². The molecule has 9 heteroatoms. The Morgan fingerprint density at radius 3 is 1.89 bits per heavy atom. The van der Waals surface area contributed by atoms with Crippen LogP contribution in [0.5, 0.6) is 0 Å². The Hall–Kier alpha value is -2.16. The normalized spacial score (nSPS) is 47.8. The minimum Gasteiger partial charge on any atom is -0.462 e. The molecule has 1 saturated heterocycles. The summed E-state index contributed by atoms with van der Waals surface area (Å²) in [6.45, 7) is 21.1. The largest absolute Gasteiger partial charge is 0.462 e. The van der Waals surface area contributed by atoms with Crippen LogP contribution in [0.4, 0.5) is 0 Å². The number of carbonyl (C=O) groups is 4. The van der Waals surface area contributed by atoms with E-state index in [4.69, 9.17) is 23.7 Å². The maximum atomic E-state index is 12.8. The van der Waals surface area contributed by atoms with Crippen LogP contribution < -0.4 is 0 Å². The molecule has 5 saturated carbocycles. The molecule has 1 aliphatic heterocycles. The zero-order valence-corrected chi connectivity index (χ0v) is 30.6. The predicted molar refractivity (Wildman–Crippen MR) is 173 cm³/mol. The second-order valence-corrected chi connectivity index (χ2v) is 18.2. The molecule has 0 N–H and O–H groups in total. The van der Waals surface area contributed by atoms with Crippen LogP contribution in [0.3, 0.4) is 0 Å². The number of ether oxygens (including phenoxy) is 5. The third-order valence-corrected chi connectivity index (χ3v) is 15.0. The van der Waals surface area contributed by atoms with Crippen LogP contribution in [0.25, 0.3) is 0 Å². The summed E-state index contributed by atoms with van der Waals surface area (Å²) in [7, 11) is 0. The van der Waals surface area contributed by atoms with Crippen molar-refractivity contribution < 1.29 is 42.9 Å². The van der Waals surface area contributed by atoms with Gasteiger partial charge in [0.05, 0.1) is 11.7 Å². The fourth-order valence-electron chi connectivity index (χ4n) is 13.5. The minimum absolute atomic E-state index is 0.00425. The zero-order chi connectivity index (χ0) is 34.8. The molecule has 0 amide bonds. The van der Waals surface area contributed by atoms with E-state index in [1.165, 1.54) is 27.7 Å². The summed E-state index contributed by atoms with van der Waals surface area (Å²) in [5.74, 6) is -0.899. The van der Waals surface area contributed by atoms with E-state index >= 15 is 0 Å². The first-order chi connectivity index (χ1) is 21.6. The molecule has 0 aromatic rings. The van der Waals surface area contributed by atoms with Crippen molar-refractivity contribution in [2.24, 2.45) is 44.8 Å². The monoisotopic (exact) mass is 658 g/mol. The molecule has 0 aromatic carbocycles. The summed E-state index contributed by atoms with van der Waals surface area (Å²) in [5.41, 5.74) is -2.16. The van der Waals surface area contributed by atoms with Crippen molar-refractivity contribution in [2.75, 3.05) is 0 Å². The van der Waals surface area contributed by atoms with E-state index in [2.05, 4.69) is 34.6 Å². The zero-order valence-electron chi connectivity index (χ0n) is 30.6. The fourth-order valence-corrected chi connectivity index (χ4v) is 13.5. The smallest absolute Gasteiger partial charge is 0.303 e. The van der Waals surface area contributed by atoms with Gasteiger partial charge < -0.3 is 23.7 Å². The van der Waals surface area contributed by atoms with Crippen molar-refractivity contribution in [1.29, 1.82) is 0 Å². The van der Waals surface area contributed by atoms with E-state index < -0.39 is 11.2 Å². The highest BCUT2D eigenvalue weighted by molar-refractivity contribution is 5.67. The van der Waals surface area contributed by atoms with Crippen molar-refractivity contribution in [3.63, 3.8) is 0 Å². The van der Waals surface area contributed by atoms with Crippen LogP contribution in [0.15, 0.2) is 0 Å². The van der Waals surface area contributed by atoms with Crippen molar-refractivity contribution in [2.45, 2.75) is 170 Å². The van der Waals surface area contributed by atoms with Crippen molar-refractivity contribution in [1.82, 2.24) is 0 Å². The van der Waals surface area contributed by atoms with Gasteiger partial charge in [0, 0.05) is 44.9 Å². The Labute approximate surface area is 280 Å². The molecule has 6 aliphatic rings. The molecule has 0 radical (unpaired) electrons. The van der Waals surface area contributed by atoms with E-state index in [9.17, 15) is 19.2 Å². The Morgan fingerprint density at radius 1 is 0.681 bits per heavy atom. The number of hydrogen-bond donors (Lipinski definition) is 0. The summed E-state index contributed by atoms with van der Waals surface area (Å²) < 4.78 is 31.3. The highest BCUT2D eigenvalue weighted by Gasteiger charge is 2.86. The third kappa shape index (κ3) is 4.85. The maximum absolute atomic E-state index is 12.8. The molecule has 12 atom stereocenters. The second-order valence-electron chi connectivity index (χ2n) is 18.2. The Kier molecular flexibility index (Phi) is 7.88. The predicted octanol–water partition coefficient (Wildman–Crippen LogP) is 6.72. The van der Waals surface area contributed by atoms with E-state index in [-0.39, 0.29) is 93.1 Å². The second kappa shape index (κ2) is 10.7. The lowest BCUT2D eigenvalue weighted by Gasteiger charge is -2.65. The standard InChI is InChI=1S/C38H58O9/c1-21(39)43-25-18-27-32(5,6)28(45-23(3)41)13-15-37(27)20-38(37)17-16-34(9)30(26(44-22(2)40)19-35(34,10)31(25)38)36(11)14-12-29(47-36)33(7,8)46-24(4)42/h25-31H,12-20H2,1-11H3/t25-,26-,27-,28-,29-,30-,31?,34+,35-,36+,37+,38-/m0/s1. The quantitative estimate of drug-likeness (QED) is 0.227. The Morgan fingerprint density at radius 2 is 1.30 bits per heavy atom. The first kappa shape index (κ1) is 34.7.